The van der Waals surface area contributed by atoms with E-state index >= 15 is 0 Å². The monoisotopic (exact) mass is 270 g/mol. The van der Waals surface area contributed by atoms with Crippen LogP contribution in [0.2, 0.25) is 0 Å². The number of hydrogen-bond acceptors (Lipinski definition) is 3. The molecule has 20 heavy (non-hydrogen) atoms. The van der Waals surface area contributed by atoms with E-state index in [-0.39, 0.29) is 0 Å². The van der Waals surface area contributed by atoms with Crippen molar-refractivity contribution in [3.8, 4) is 0 Å². The molecule has 2 heterocycles. The lowest BCUT2D eigenvalue weighted by atomic mass is 10.2. The highest BCUT2D eigenvalue weighted by Gasteiger charge is 2.11. The zero-order valence-electron chi connectivity index (χ0n) is 11.8. The Bertz CT molecular complexity index is 498. The van der Waals surface area contributed by atoms with Gasteiger partial charge in [0.1, 0.15) is 0 Å². The molecule has 1 saturated heterocycles. The number of anilines is 1. The molecule has 1 aliphatic heterocycles. The van der Waals surface area contributed by atoms with Gasteiger partial charge in [0.25, 0.3) is 0 Å². The van der Waals surface area contributed by atoms with Gasteiger partial charge in [-0.05, 0) is 30.5 Å². The van der Waals surface area contributed by atoms with Gasteiger partial charge in [-0.15, -0.1) is 0 Å². The van der Waals surface area contributed by atoms with Gasteiger partial charge in [-0.2, -0.15) is 0 Å². The Balaban J connectivity index is 1.43. The summed E-state index contributed by atoms with van der Waals surface area (Å²) >= 11 is 0. The van der Waals surface area contributed by atoms with Crippen LogP contribution >= 0.6 is 0 Å². The maximum Gasteiger partial charge on any atom is 0.0946 e. The summed E-state index contributed by atoms with van der Waals surface area (Å²) in [5, 5.41) is 3.47. The van der Waals surface area contributed by atoms with Crippen molar-refractivity contribution in [2.24, 2.45) is 0 Å². The average Bonchev–Trinajstić information content (AvgIpc) is 3.17. The Morgan fingerprint density at radius 3 is 2.60 bits per heavy atom. The standard InChI is InChI=1S/C16H22N4/c1-2-10-20(9-1)16-5-3-15(4-6-16)13-17-7-11-19-12-8-18-14-19/h3-6,8,12,14,17H,1-2,7,9-11,13H2. The van der Waals surface area contributed by atoms with Crippen molar-refractivity contribution in [1.29, 1.82) is 0 Å². The van der Waals surface area contributed by atoms with E-state index in [1.165, 1.54) is 37.2 Å². The molecule has 4 heteroatoms. The SMILES string of the molecule is c1cn(CCNCc2ccc(N3CCCC3)cc2)cn1. The van der Waals surface area contributed by atoms with Crippen LogP contribution in [0.25, 0.3) is 0 Å². The van der Waals surface area contributed by atoms with Gasteiger partial charge >= 0.3 is 0 Å². The molecule has 2 aromatic rings. The Morgan fingerprint density at radius 2 is 1.90 bits per heavy atom. The number of aromatic nitrogens is 2. The maximum absolute atomic E-state index is 4.04. The summed E-state index contributed by atoms with van der Waals surface area (Å²) in [7, 11) is 0. The summed E-state index contributed by atoms with van der Waals surface area (Å²) < 4.78 is 2.09. The van der Waals surface area contributed by atoms with Crippen LogP contribution < -0.4 is 10.2 Å². The first-order chi connectivity index (χ1) is 9.92. The lowest BCUT2D eigenvalue weighted by molar-refractivity contribution is 0.597. The molecule has 0 atom stereocenters. The van der Waals surface area contributed by atoms with E-state index in [1.54, 1.807) is 0 Å². The Hall–Kier alpha value is -1.81. The highest BCUT2D eigenvalue weighted by molar-refractivity contribution is 5.48. The van der Waals surface area contributed by atoms with Gasteiger partial charge < -0.3 is 14.8 Å². The molecule has 106 valence electrons. The molecule has 1 aromatic carbocycles. The third-order valence-corrected chi connectivity index (χ3v) is 3.84. The smallest absolute Gasteiger partial charge is 0.0946 e. The minimum absolute atomic E-state index is 0.926. The molecule has 1 fully saturated rings. The van der Waals surface area contributed by atoms with Crippen LogP contribution in [0.1, 0.15) is 18.4 Å². The van der Waals surface area contributed by atoms with Gasteiger partial charge in [-0.25, -0.2) is 4.98 Å². The molecule has 1 N–H and O–H groups in total. The second-order valence-corrected chi connectivity index (χ2v) is 5.34. The van der Waals surface area contributed by atoms with Crippen molar-refractivity contribution in [3.63, 3.8) is 0 Å². The summed E-state index contributed by atoms with van der Waals surface area (Å²) in [5.74, 6) is 0. The number of nitrogens with zero attached hydrogens (tertiary/aromatic N) is 3. The van der Waals surface area contributed by atoms with Crippen LogP contribution in [0.15, 0.2) is 43.0 Å². The highest BCUT2D eigenvalue weighted by Crippen LogP contribution is 2.20. The fourth-order valence-electron chi connectivity index (χ4n) is 2.66. The number of nitrogens with one attached hydrogen (secondary N) is 1. The van der Waals surface area contributed by atoms with Crippen molar-refractivity contribution in [1.82, 2.24) is 14.9 Å². The number of imidazole rings is 1. The molecule has 0 bridgehead atoms. The summed E-state index contributed by atoms with van der Waals surface area (Å²) in [6.45, 7) is 5.27. The lowest BCUT2D eigenvalue weighted by Gasteiger charge is -2.17. The van der Waals surface area contributed by atoms with Crippen molar-refractivity contribution < 1.29 is 0 Å². The van der Waals surface area contributed by atoms with Gasteiger partial charge in [0.2, 0.25) is 0 Å². The zero-order chi connectivity index (χ0) is 13.6. The first-order valence-electron chi connectivity index (χ1n) is 7.42. The summed E-state index contributed by atoms with van der Waals surface area (Å²) in [6.07, 6.45) is 8.32. The van der Waals surface area contributed by atoms with E-state index in [2.05, 4.69) is 44.0 Å². The summed E-state index contributed by atoms with van der Waals surface area (Å²) in [4.78, 5) is 6.51. The Kier molecular flexibility index (Phi) is 4.33. The van der Waals surface area contributed by atoms with Crippen LogP contribution in [0.4, 0.5) is 5.69 Å². The third kappa shape index (κ3) is 3.39. The molecule has 0 unspecified atom stereocenters. The molecule has 4 nitrogen and oxygen atoms in total. The topological polar surface area (TPSA) is 33.1 Å². The summed E-state index contributed by atoms with van der Waals surface area (Å²) in [6, 6.07) is 8.96. The number of hydrogen-bond donors (Lipinski definition) is 1. The van der Waals surface area contributed by atoms with Gasteiger partial charge in [0, 0.05) is 50.8 Å². The third-order valence-electron chi connectivity index (χ3n) is 3.84. The fourth-order valence-corrected chi connectivity index (χ4v) is 2.66. The predicted molar refractivity (Wildman–Crippen MR) is 81.8 cm³/mol. The van der Waals surface area contributed by atoms with Crippen molar-refractivity contribution in [2.45, 2.75) is 25.9 Å². The summed E-state index contributed by atoms with van der Waals surface area (Å²) in [5.41, 5.74) is 2.71. The van der Waals surface area contributed by atoms with Crippen LogP contribution in [0.5, 0.6) is 0 Å². The van der Waals surface area contributed by atoms with Gasteiger partial charge in [0.15, 0.2) is 0 Å². The molecule has 0 saturated carbocycles. The molecule has 3 rings (SSSR count). The molecule has 1 aromatic heterocycles. The lowest BCUT2D eigenvalue weighted by Crippen LogP contribution is -2.19. The van der Waals surface area contributed by atoms with Gasteiger partial charge in [-0.1, -0.05) is 12.1 Å². The first kappa shape index (κ1) is 13.2. The van der Waals surface area contributed by atoms with Crippen LogP contribution in [0, 0.1) is 0 Å². The molecule has 0 spiro atoms. The predicted octanol–water partition coefficient (Wildman–Crippen LogP) is 2.27. The molecule has 0 aliphatic carbocycles. The van der Waals surface area contributed by atoms with Crippen LogP contribution in [-0.2, 0) is 13.1 Å². The maximum atomic E-state index is 4.04. The minimum Gasteiger partial charge on any atom is -0.372 e. The molecule has 0 radical (unpaired) electrons. The molecular formula is C16H22N4. The van der Waals surface area contributed by atoms with E-state index in [0.29, 0.717) is 0 Å². The van der Waals surface area contributed by atoms with E-state index in [9.17, 15) is 0 Å². The van der Waals surface area contributed by atoms with E-state index in [1.807, 2.05) is 18.7 Å². The van der Waals surface area contributed by atoms with Gasteiger partial charge in [0.05, 0.1) is 6.33 Å². The van der Waals surface area contributed by atoms with Crippen molar-refractivity contribution >= 4 is 5.69 Å². The Labute approximate surface area is 120 Å². The fraction of sp³-hybridized carbons (Fsp3) is 0.438. The normalized spacial score (nSPS) is 14.9. The van der Waals surface area contributed by atoms with E-state index < -0.39 is 0 Å². The number of rotatable bonds is 6. The first-order valence-corrected chi connectivity index (χ1v) is 7.42. The Morgan fingerprint density at radius 1 is 1.10 bits per heavy atom. The van der Waals surface area contributed by atoms with E-state index in [0.717, 1.165) is 19.6 Å². The molecule has 1 aliphatic rings. The van der Waals surface area contributed by atoms with Crippen molar-refractivity contribution in [2.75, 3.05) is 24.5 Å². The van der Waals surface area contributed by atoms with Crippen LogP contribution in [0.3, 0.4) is 0 Å². The second-order valence-electron chi connectivity index (χ2n) is 5.34. The highest BCUT2D eigenvalue weighted by atomic mass is 15.1. The van der Waals surface area contributed by atoms with Crippen LogP contribution in [-0.4, -0.2) is 29.2 Å². The second kappa shape index (κ2) is 6.57. The quantitative estimate of drug-likeness (QED) is 0.818. The van der Waals surface area contributed by atoms with Crippen molar-refractivity contribution in [3.05, 3.63) is 48.5 Å². The minimum atomic E-state index is 0.926. The zero-order valence-corrected chi connectivity index (χ0v) is 11.8. The molecule has 0 amide bonds. The largest absolute Gasteiger partial charge is 0.372 e. The van der Waals surface area contributed by atoms with Gasteiger partial charge in [-0.3, -0.25) is 0 Å². The molecular weight excluding hydrogens is 248 g/mol. The van der Waals surface area contributed by atoms with E-state index in [4.69, 9.17) is 0 Å². The number of benzene rings is 1. The average molecular weight is 270 g/mol.